The van der Waals surface area contributed by atoms with Crippen molar-refractivity contribution >= 4 is 56.5 Å². The first kappa shape index (κ1) is 18.8. The molecule has 30 heavy (non-hydrogen) atoms. The Kier molecular flexibility index (Phi) is 4.56. The number of halogens is 1. The number of anilines is 3. The van der Waals surface area contributed by atoms with Gasteiger partial charge in [0.25, 0.3) is 0 Å². The summed E-state index contributed by atoms with van der Waals surface area (Å²) in [7, 11) is 0. The Labute approximate surface area is 180 Å². The minimum absolute atomic E-state index is 0.150. The van der Waals surface area contributed by atoms with Gasteiger partial charge in [0.15, 0.2) is 5.13 Å². The zero-order valence-corrected chi connectivity index (χ0v) is 17.4. The standard InChI is InChI=1S/C22H16ClN3O3S/c1-12-9-16-14(7-8-18(27)29-16)10-15(12)24-17-11-30-22(25-17)26-20(19(23)21(26)28)13-5-3-2-4-6-13/h2-11,19-20,24H,1H3. The average Bonchev–Trinajstić information content (AvgIpc) is 3.20. The topological polar surface area (TPSA) is 75.4 Å². The molecule has 1 aliphatic rings. The lowest BCUT2D eigenvalue weighted by Crippen LogP contribution is -2.56. The zero-order chi connectivity index (χ0) is 20.8. The molecule has 1 aliphatic heterocycles. The molecule has 0 aliphatic carbocycles. The van der Waals surface area contributed by atoms with Gasteiger partial charge < -0.3 is 9.73 Å². The van der Waals surface area contributed by atoms with Crippen molar-refractivity contribution in [1.29, 1.82) is 0 Å². The predicted octanol–water partition coefficient (Wildman–Crippen LogP) is 5.00. The molecule has 0 radical (unpaired) electrons. The number of amides is 1. The lowest BCUT2D eigenvalue weighted by atomic mass is 9.94. The predicted molar refractivity (Wildman–Crippen MR) is 119 cm³/mol. The van der Waals surface area contributed by atoms with Gasteiger partial charge in [0.05, 0.1) is 6.04 Å². The number of thiazole rings is 1. The van der Waals surface area contributed by atoms with Crippen LogP contribution in [0.5, 0.6) is 0 Å². The summed E-state index contributed by atoms with van der Waals surface area (Å²) in [6, 6.07) is 16.3. The Hall–Kier alpha value is -3.16. The minimum atomic E-state index is -0.593. The van der Waals surface area contributed by atoms with Crippen molar-refractivity contribution in [3.05, 3.63) is 81.5 Å². The molecular weight excluding hydrogens is 422 g/mol. The molecule has 1 fully saturated rings. The molecule has 8 heteroatoms. The molecule has 1 saturated heterocycles. The molecule has 2 aromatic carbocycles. The van der Waals surface area contributed by atoms with Crippen molar-refractivity contribution in [2.24, 2.45) is 0 Å². The van der Waals surface area contributed by atoms with Crippen LogP contribution >= 0.6 is 22.9 Å². The molecule has 2 aromatic heterocycles. The van der Waals surface area contributed by atoms with Gasteiger partial charge >= 0.3 is 5.63 Å². The number of hydrogen-bond donors (Lipinski definition) is 1. The van der Waals surface area contributed by atoms with Crippen molar-refractivity contribution in [3.8, 4) is 0 Å². The van der Waals surface area contributed by atoms with E-state index in [2.05, 4.69) is 10.3 Å². The van der Waals surface area contributed by atoms with Gasteiger partial charge in [-0.2, -0.15) is 0 Å². The van der Waals surface area contributed by atoms with Crippen LogP contribution < -0.4 is 15.8 Å². The number of benzene rings is 2. The molecule has 1 N–H and O–H groups in total. The second kappa shape index (κ2) is 7.27. The fourth-order valence-electron chi connectivity index (χ4n) is 3.56. The molecule has 0 saturated carbocycles. The van der Waals surface area contributed by atoms with Crippen LogP contribution in [0.1, 0.15) is 17.2 Å². The largest absolute Gasteiger partial charge is 0.423 e. The molecule has 150 valence electrons. The average molecular weight is 438 g/mol. The summed E-state index contributed by atoms with van der Waals surface area (Å²) in [6.07, 6.45) is 0. The molecule has 1 amide bonds. The van der Waals surface area contributed by atoms with Crippen LogP contribution in [-0.4, -0.2) is 16.3 Å². The van der Waals surface area contributed by atoms with Gasteiger partial charge in [0.1, 0.15) is 16.8 Å². The smallest absolute Gasteiger partial charge is 0.336 e. The Bertz CT molecular complexity index is 1320. The van der Waals surface area contributed by atoms with E-state index in [0.29, 0.717) is 16.5 Å². The maximum atomic E-state index is 12.4. The summed E-state index contributed by atoms with van der Waals surface area (Å²) in [4.78, 5) is 30.1. The maximum absolute atomic E-state index is 12.4. The van der Waals surface area contributed by atoms with Crippen LogP contribution in [0.15, 0.2) is 69.2 Å². The number of fused-ring (bicyclic) bond motifs is 1. The molecule has 2 unspecified atom stereocenters. The second-order valence-corrected chi connectivity index (χ2v) is 8.37. The second-order valence-electron chi connectivity index (χ2n) is 7.07. The lowest BCUT2D eigenvalue weighted by Gasteiger charge is -2.42. The minimum Gasteiger partial charge on any atom is -0.423 e. The summed E-state index contributed by atoms with van der Waals surface area (Å²) in [6.45, 7) is 1.92. The molecule has 3 heterocycles. The molecule has 6 nitrogen and oxygen atoms in total. The number of carbonyl (C=O) groups is 1. The third-order valence-corrected chi connectivity index (χ3v) is 6.36. The van der Waals surface area contributed by atoms with Gasteiger partial charge in [-0.05, 0) is 36.2 Å². The fourth-order valence-corrected chi connectivity index (χ4v) is 4.72. The van der Waals surface area contributed by atoms with Crippen molar-refractivity contribution in [3.63, 3.8) is 0 Å². The van der Waals surface area contributed by atoms with Gasteiger partial charge in [-0.3, -0.25) is 9.69 Å². The highest BCUT2D eigenvalue weighted by molar-refractivity contribution is 7.14. The van der Waals surface area contributed by atoms with Crippen LogP contribution in [-0.2, 0) is 4.79 Å². The SMILES string of the molecule is Cc1cc2oc(=O)ccc2cc1Nc1csc(N2C(=O)C(Cl)C2c2ccccc2)n1. The van der Waals surface area contributed by atoms with Crippen LogP contribution in [0.25, 0.3) is 11.0 Å². The summed E-state index contributed by atoms with van der Waals surface area (Å²) in [5.41, 5.74) is 2.90. The zero-order valence-electron chi connectivity index (χ0n) is 15.8. The fraction of sp³-hybridized carbons (Fsp3) is 0.136. The number of carbonyl (C=O) groups excluding carboxylic acids is 1. The summed E-state index contributed by atoms with van der Waals surface area (Å²) < 4.78 is 5.23. The number of aryl methyl sites for hydroxylation is 1. The quantitative estimate of drug-likeness (QED) is 0.276. The van der Waals surface area contributed by atoms with Crippen molar-refractivity contribution in [2.75, 3.05) is 10.2 Å². The Morgan fingerprint density at radius 1 is 1.13 bits per heavy atom. The third-order valence-electron chi connectivity index (χ3n) is 5.10. The first-order valence-corrected chi connectivity index (χ1v) is 10.6. The molecule has 5 rings (SSSR count). The van der Waals surface area contributed by atoms with E-state index < -0.39 is 5.38 Å². The van der Waals surface area contributed by atoms with Crippen LogP contribution in [0.3, 0.4) is 0 Å². The summed E-state index contributed by atoms with van der Waals surface area (Å²) in [5.74, 6) is 0.482. The number of hydrogen-bond acceptors (Lipinski definition) is 6. The number of nitrogens with one attached hydrogen (secondary N) is 1. The Morgan fingerprint density at radius 2 is 1.93 bits per heavy atom. The van der Waals surface area contributed by atoms with E-state index in [4.69, 9.17) is 16.0 Å². The molecule has 4 aromatic rings. The third kappa shape index (κ3) is 3.16. The van der Waals surface area contributed by atoms with E-state index in [1.54, 1.807) is 11.0 Å². The Balaban J connectivity index is 1.43. The number of alkyl halides is 1. The monoisotopic (exact) mass is 437 g/mol. The van der Waals surface area contributed by atoms with E-state index >= 15 is 0 Å². The van der Waals surface area contributed by atoms with E-state index in [1.807, 2.05) is 54.8 Å². The molecule has 2 atom stereocenters. The van der Waals surface area contributed by atoms with Crippen molar-refractivity contribution < 1.29 is 9.21 Å². The van der Waals surface area contributed by atoms with E-state index in [9.17, 15) is 9.59 Å². The number of rotatable bonds is 4. The normalized spacial score (nSPS) is 18.5. The number of aromatic nitrogens is 1. The highest BCUT2D eigenvalue weighted by Gasteiger charge is 2.49. The van der Waals surface area contributed by atoms with Gasteiger partial charge in [-0.1, -0.05) is 30.3 Å². The van der Waals surface area contributed by atoms with Crippen molar-refractivity contribution in [2.45, 2.75) is 18.3 Å². The van der Waals surface area contributed by atoms with Gasteiger partial charge in [0, 0.05) is 22.5 Å². The van der Waals surface area contributed by atoms with E-state index in [1.165, 1.54) is 17.4 Å². The van der Waals surface area contributed by atoms with Crippen LogP contribution in [0, 0.1) is 6.92 Å². The molecule has 0 spiro atoms. The van der Waals surface area contributed by atoms with Crippen LogP contribution in [0.4, 0.5) is 16.6 Å². The van der Waals surface area contributed by atoms with Crippen molar-refractivity contribution in [1.82, 2.24) is 4.98 Å². The van der Waals surface area contributed by atoms with E-state index in [0.717, 1.165) is 22.2 Å². The first-order chi connectivity index (χ1) is 14.5. The first-order valence-electron chi connectivity index (χ1n) is 9.30. The highest BCUT2D eigenvalue weighted by Crippen LogP contribution is 2.43. The van der Waals surface area contributed by atoms with Gasteiger partial charge in [-0.25, -0.2) is 9.78 Å². The lowest BCUT2D eigenvalue weighted by molar-refractivity contribution is -0.123. The van der Waals surface area contributed by atoms with E-state index in [-0.39, 0.29) is 17.6 Å². The number of nitrogens with zero attached hydrogens (tertiary/aromatic N) is 2. The van der Waals surface area contributed by atoms with Crippen LogP contribution in [0.2, 0.25) is 0 Å². The summed E-state index contributed by atoms with van der Waals surface area (Å²) in [5, 5.41) is 5.97. The highest BCUT2D eigenvalue weighted by atomic mass is 35.5. The molecular formula is C22H16ClN3O3S. The summed E-state index contributed by atoms with van der Waals surface area (Å²) >= 11 is 7.69. The maximum Gasteiger partial charge on any atom is 0.336 e. The Morgan fingerprint density at radius 3 is 2.73 bits per heavy atom. The molecule has 0 bridgehead atoms. The van der Waals surface area contributed by atoms with Gasteiger partial charge in [0.2, 0.25) is 5.91 Å². The number of β-lactam (4-membered cyclic amide) rings is 1. The van der Waals surface area contributed by atoms with Gasteiger partial charge in [-0.15, -0.1) is 22.9 Å².